The first-order chi connectivity index (χ1) is 12.2. The number of hydrogen-bond donors (Lipinski definition) is 1. The highest BCUT2D eigenvalue weighted by atomic mass is 16.5. The summed E-state index contributed by atoms with van der Waals surface area (Å²) in [6, 6.07) is 15.8. The molecule has 0 spiro atoms. The highest BCUT2D eigenvalue weighted by molar-refractivity contribution is 5.79. The Bertz CT molecular complexity index is 694. The van der Waals surface area contributed by atoms with Gasteiger partial charge in [-0.3, -0.25) is 4.79 Å². The van der Waals surface area contributed by atoms with Crippen molar-refractivity contribution in [1.29, 1.82) is 0 Å². The second-order valence-corrected chi connectivity index (χ2v) is 6.70. The summed E-state index contributed by atoms with van der Waals surface area (Å²) >= 11 is 0. The average Bonchev–Trinajstić information content (AvgIpc) is 3.12. The van der Waals surface area contributed by atoms with Gasteiger partial charge in [0.2, 0.25) is 5.91 Å². The summed E-state index contributed by atoms with van der Waals surface area (Å²) in [5, 5.41) is 9.08. The highest BCUT2D eigenvalue weighted by Gasteiger charge is 2.26. The van der Waals surface area contributed by atoms with Gasteiger partial charge >= 0.3 is 0 Å². The van der Waals surface area contributed by atoms with Crippen LogP contribution < -0.4 is 4.74 Å². The van der Waals surface area contributed by atoms with Crippen LogP contribution in [0.15, 0.2) is 48.5 Å². The fourth-order valence-corrected chi connectivity index (χ4v) is 3.37. The lowest BCUT2D eigenvalue weighted by molar-refractivity contribution is -0.129. The second-order valence-electron chi connectivity index (χ2n) is 6.70. The minimum absolute atomic E-state index is 0.0351. The van der Waals surface area contributed by atoms with Crippen LogP contribution in [0.2, 0.25) is 0 Å². The number of ether oxygens (including phenoxy) is 1. The quantitative estimate of drug-likeness (QED) is 0.880. The molecule has 3 rings (SSSR count). The summed E-state index contributed by atoms with van der Waals surface area (Å²) in [7, 11) is 1.67. The van der Waals surface area contributed by atoms with Crippen molar-refractivity contribution in [2.24, 2.45) is 5.92 Å². The van der Waals surface area contributed by atoms with Crippen LogP contribution in [0.1, 0.15) is 23.1 Å². The number of carbonyl (C=O) groups is 1. The van der Waals surface area contributed by atoms with E-state index in [1.807, 2.05) is 41.3 Å². The Balaban J connectivity index is 1.51. The molecule has 0 saturated carbocycles. The maximum Gasteiger partial charge on any atom is 0.226 e. The summed E-state index contributed by atoms with van der Waals surface area (Å²) in [4.78, 5) is 14.5. The van der Waals surface area contributed by atoms with Crippen molar-refractivity contribution in [1.82, 2.24) is 4.90 Å². The molecule has 0 aliphatic carbocycles. The number of benzene rings is 2. The minimum atomic E-state index is 0.0351. The van der Waals surface area contributed by atoms with Gasteiger partial charge in [0.05, 0.1) is 20.1 Å². The van der Waals surface area contributed by atoms with Gasteiger partial charge in [-0.15, -0.1) is 0 Å². The molecular weight excluding hydrogens is 314 g/mol. The third-order valence-electron chi connectivity index (χ3n) is 4.88. The molecule has 1 aliphatic heterocycles. The summed E-state index contributed by atoms with van der Waals surface area (Å²) in [5.41, 5.74) is 3.16. The van der Waals surface area contributed by atoms with Gasteiger partial charge in [-0.25, -0.2) is 0 Å². The maximum atomic E-state index is 12.5. The summed E-state index contributed by atoms with van der Waals surface area (Å²) < 4.78 is 5.19. The molecule has 4 heteroatoms. The molecule has 2 aromatic rings. The number of rotatable bonds is 6. The first-order valence-electron chi connectivity index (χ1n) is 8.77. The summed E-state index contributed by atoms with van der Waals surface area (Å²) in [6.07, 6.45) is 2.49. The predicted octanol–water partition coefficient (Wildman–Crippen LogP) is 2.82. The van der Waals surface area contributed by atoms with Gasteiger partial charge in [0, 0.05) is 13.1 Å². The Hall–Kier alpha value is -2.33. The molecule has 4 nitrogen and oxygen atoms in total. The van der Waals surface area contributed by atoms with Crippen molar-refractivity contribution >= 4 is 5.91 Å². The molecule has 25 heavy (non-hydrogen) atoms. The Morgan fingerprint density at radius 2 is 1.72 bits per heavy atom. The Kier molecular flexibility index (Phi) is 5.71. The van der Waals surface area contributed by atoms with Crippen LogP contribution in [0.5, 0.6) is 5.75 Å². The van der Waals surface area contributed by atoms with Crippen molar-refractivity contribution in [2.45, 2.75) is 25.9 Å². The lowest BCUT2D eigenvalue weighted by Gasteiger charge is -2.17. The van der Waals surface area contributed by atoms with E-state index in [0.717, 1.165) is 42.8 Å². The van der Waals surface area contributed by atoms with E-state index in [1.165, 1.54) is 5.56 Å². The number of carbonyl (C=O) groups excluding carboxylic acids is 1. The number of aliphatic hydroxyl groups excluding tert-OH is 1. The first-order valence-corrected chi connectivity index (χ1v) is 8.77. The molecule has 132 valence electrons. The zero-order valence-corrected chi connectivity index (χ0v) is 14.6. The van der Waals surface area contributed by atoms with E-state index in [9.17, 15) is 4.79 Å². The molecular formula is C21H25NO3. The molecule has 1 saturated heterocycles. The SMILES string of the molecule is COc1ccc(CC2CCN(C(=O)Cc3ccc(CO)cc3)C2)cc1. The fourth-order valence-electron chi connectivity index (χ4n) is 3.37. The molecule has 2 aromatic carbocycles. The molecule has 1 amide bonds. The van der Waals surface area contributed by atoms with E-state index in [1.54, 1.807) is 7.11 Å². The molecule has 1 heterocycles. The number of amides is 1. The molecule has 0 aromatic heterocycles. The van der Waals surface area contributed by atoms with Gasteiger partial charge in [-0.2, -0.15) is 0 Å². The van der Waals surface area contributed by atoms with Gasteiger partial charge in [-0.1, -0.05) is 36.4 Å². The van der Waals surface area contributed by atoms with E-state index in [0.29, 0.717) is 12.3 Å². The maximum absolute atomic E-state index is 12.5. The van der Waals surface area contributed by atoms with Gasteiger partial charge < -0.3 is 14.7 Å². The van der Waals surface area contributed by atoms with Gasteiger partial charge in [0.25, 0.3) is 0 Å². The summed E-state index contributed by atoms with van der Waals surface area (Å²) in [6.45, 7) is 1.71. The molecule has 1 atom stereocenters. The van der Waals surface area contributed by atoms with Crippen LogP contribution in [0.25, 0.3) is 0 Å². The zero-order chi connectivity index (χ0) is 17.6. The van der Waals surface area contributed by atoms with Crippen molar-refractivity contribution < 1.29 is 14.6 Å². The van der Waals surface area contributed by atoms with E-state index in [4.69, 9.17) is 9.84 Å². The number of methoxy groups -OCH3 is 1. The number of hydrogen-bond acceptors (Lipinski definition) is 3. The smallest absolute Gasteiger partial charge is 0.226 e. The van der Waals surface area contributed by atoms with Crippen LogP contribution in [-0.2, 0) is 24.2 Å². The van der Waals surface area contributed by atoms with Crippen molar-refractivity contribution in [3.05, 3.63) is 65.2 Å². The van der Waals surface area contributed by atoms with Crippen molar-refractivity contribution in [3.8, 4) is 5.75 Å². The molecule has 1 unspecified atom stereocenters. The molecule has 0 bridgehead atoms. The fraction of sp³-hybridized carbons (Fsp3) is 0.381. The average molecular weight is 339 g/mol. The Morgan fingerprint density at radius 3 is 2.36 bits per heavy atom. The van der Waals surface area contributed by atoms with Gasteiger partial charge in [0.1, 0.15) is 5.75 Å². The Labute approximate surface area is 149 Å². The van der Waals surface area contributed by atoms with Crippen molar-refractivity contribution in [2.75, 3.05) is 20.2 Å². The Morgan fingerprint density at radius 1 is 1.08 bits per heavy atom. The van der Waals surface area contributed by atoms with E-state index in [2.05, 4.69) is 12.1 Å². The molecule has 1 fully saturated rings. The van der Waals surface area contributed by atoms with Crippen LogP contribution >= 0.6 is 0 Å². The standard InChI is InChI=1S/C21H25NO3/c1-25-20-8-6-16(7-9-20)12-19-10-11-22(14-19)21(24)13-17-2-4-18(15-23)5-3-17/h2-9,19,23H,10-15H2,1H3. The molecule has 1 N–H and O–H groups in total. The normalized spacial score (nSPS) is 16.9. The van der Waals surface area contributed by atoms with E-state index >= 15 is 0 Å². The minimum Gasteiger partial charge on any atom is -0.497 e. The number of aliphatic hydroxyl groups is 1. The topological polar surface area (TPSA) is 49.8 Å². The van der Waals surface area contributed by atoms with Crippen molar-refractivity contribution in [3.63, 3.8) is 0 Å². The molecule has 1 aliphatic rings. The van der Waals surface area contributed by atoms with Gasteiger partial charge in [-0.05, 0) is 47.6 Å². The lowest BCUT2D eigenvalue weighted by atomic mass is 9.99. The second kappa shape index (κ2) is 8.17. The van der Waals surface area contributed by atoms with E-state index < -0.39 is 0 Å². The lowest BCUT2D eigenvalue weighted by Crippen LogP contribution is -2.30. The van der Waals surface area contributed by atoms with Gasteiger partial charge in [0.15, 0.2) is 0 Å². The van der Waals surface area contributed by atoms with Crippen LogP contribution in [0.3, 0.4) is 0 Å². The number of nitrogens with zero attached hydrogens (tertiary/aromatic N) is 1. The largest absolute Gasteiger partial charge is 0.497 e. The number of likely N-dealkylation sites (tertiary alicyclic amines) is 1. The third-order valence-corrected chi connectivity index (χ3v) is 4.88. The summed E-state index contributed by atoms with van der Waals surface area (Å²) in [5.74, 6) is 1.59. The van der Waals surface area contributed by atoms with Crippen LogP contribution in [0.4, 0.5) is 0 Å². The van der Waals surface area contributed by atoms with Crippen LogP contribution in [-0.4, -0.2) is 36.1 Å². The third kappa shape index (κ3) is 4.60. The first kappa shape index (κ1) is 17.5. The predicted molar refractivity (Wildman–Crippen MR) is 97.5 cm³/mol. The monoisotopic (exact) mass is 339 g/mol. The highest BCUT2D eigenvalue weighted by Crippen LogP contribution is 2.23. The van der Waals surface area contributed by atoms with Crippen LogP contribution in [0, 0.1) is 5.92 Å². The molecule has 0 radical (unpaired) electrons. The zero-order valence-electron chi connectivity index (χ0n) is 14.6. The van der Waals surface area contributed by atoms with E-state index in [-0.39, 0.29) is 12.5 Å².